The van der Waals surface area contributed by atoms with Gasteiger partial charge in [0, 0.05) is 6.61 Å². The smallest absolute Gasteiger partial charge is 0.231 e. The highest BCUT2D eigenvalue weighted by atomic mass is 16.5. The van der Waals surface area contributed by atoms with E-state index in [4.69, 9.17) is 9.26 Å². The Morgan fingerprint density at radius 1 is 1.32 bits per heavy atom. The van der Waals surface area contributed by atoms with Crippen molar-refractivity contribution in [3.63, 3.8) is 0 Å². The number of ether oxygens (including phenoxy) is 1. The molecule has 2 aromatic rings. The van der Waals surface area contributed by atoms with Crippen molar-refractivity contribution in [1.82, 2.24) is 10.1 Å². The molecule has 3 rings (SSSR count). The maximum Gasteiger partial charge on any atom is 0.231 e. The lowest BCUT2D eigenvalue weighted by Crippen LogP contribution is -2.21. The van der Waals surface area contributed by atoms with Crippen LogP contribution in [0.3, 0.4) is 0 Å². The maximum atomic E-state index is 9.24. The SMILES string of the molecule is CC1(c2noc(Cc3ccc(O)cc3)n2)CCCO1. The van der Waals surface area contributed by atoms with Gasteiger partial charge in [0.25, 0.3) is 0 Å². The minimum Gasteiger partial charge on any atom is -0.508 e. The highest BCUT2D eigenvalue weighted by molar-refractivity contribution is 5.27. The largest absolute Gasteiger partial charge is 0.508 e. The molecule has 1 N–H and O–H groups in total. The van der Waals surface area contributed by atoms with Crippen LogP contribution in [0.15, 0.2) is 28.8 Å². The third-order valence-corrected chi connectivity index (χ3v) is 3.45. The van der Waals surface area contributed by atoms with Crippen molar-refractivity contribution in [3.8, 4) is 5.75 Å². The Morgan fingerprint density at radius 2 is 2.11 bits per heavy atom. The molecule has 1 saturated heterocycles. The summed E-state index contributed by atoms with van der Waals surface area (Å²) in [5, 5.41) is 13.3. The number of rotatable bonds is 3. The van der Waals surface area contributed by atoms with E-state index in [0.717, 1.165) is 25.0 Å². The first-order chi connectivity index (χ1) is 9.16. The lowest BCUT2D eigenvalue weighted by Gasteiger charge is -2.17. The summed E-state index contributed by atoms with van der Waals surface area (Å²) in [6.07, 6.45) is 2.51. The number of hydrogen-bond acceptors (Lipinski definition) is 5. The van der Waals surface area contributed by atoms with Gasteiger partial charge < -0.3 is 14.4 Å². The quantitative estimate of drug-likeness (QED) is 0.917. The summed E-state index contributed by atoms with van der Waals surface area (Å²) in [6, 6.07) is 6.97. The van der Waals surface area contributed by atoms with E-state index < -0.39 is 5.60 Å². The summed E-state index contributed by atoms with van der Waals surface area (Å²) in [5.41, 5.74) is 0.613. The Morgan fingerprint density at radius 3 is 2.79 bits per heavy atom. The molecule has 0 bridgehead atoms. The first-order valence-electron chi connectivity index (χ1n) is 6.41. The summed E-state index contributed by atoms with van der Waals surface area (Å²) in [6.45, 7) is 2.74. The van der Waals surface area contributed by atoms with Crippen LogP contribution in [0.25, 0.3) is 0 Å². The molecule has 5 heteroatoms. The number of aromatic nitrogens is 2. The molecule has 1 aliphatic rings. The Balaban J connectivity index is 1.76. The van der Waals surface area contributed by atoms with Crippen molar-refractivity contribution < 1.29 is 14.4 Å². The molecule has 1 aromatic carbocycles. The van der Waals surface area contributed by atoms with Gasteiger partial charge in [0.05, 0.1) is 6.42 Å². The summed E-state index contributed by atoms with van der Waals surface area (Å²) in [4.78, 5) is 4.42. The van der Waals surface area contributed by atoms with E-state index in [2.05, 4.69) is 10.1 Å². The molecule has 5 nitrogen and oxygen atoms in total. The molecule has 0 saturated carbocycles. The number of phenols is 1. The number of hydrogen-bond donors (Lipinski definition) is 1. The van der Waals surface area contributed by atoms with Crippen LogP contribution in [0, 0.1) is 0 Å². The zero-order valence-corrected chi connectivity index (χ0v) is 10.8. The van der Waals surface area contributed by atoms with E-state index in [1.165, 1.54) is 0 Å². The molecule has 0 amide bonds. The Labute approximate surface area is 111 Å². The fourth-order valence-corrected chi connectivity index (χ4v) is 2.29. The molecule has 19 heavy (non-hydrogen) atoms. The van der Waals surface area contributed by atoms with Crippen LogP contribution >= 0.6 is 0 Å². The first kappa shape index (κ1) is 12.2. The van der Waals surface area contributed by atoms with Crippen molar-refractivity contribution >= 4 is 0 Å². The van der Waals surface area contributed by atoms with Crippen molar-refractivity contribution in [1.29, 1.82) is 0 Å². The molecule has 0 spiro atoms. The summed E-state index contributed by atoms with van der Waals surface area (Å²) >= 11 is 0. The zero-order chi connectivity index (χ0) is 13.3. The normalized spacial score (nSPS) is 22.8. The molecule has 1 fully saturated rings. The molecule has 0 radical (unpaired) electrons. The second kappa shape index (κ2) is 4.66. The van der Waals surface area contributed by atoms with Crippen LogP contribution in [0.5, 0.6) is 5.75 Å². The highest BCUT2D eigenvalue weighted by Crippen LogP contribution is 2.33. The van der Waals surface area contributed by atoms with Crippen molar-refractivity contribution in [2.45, 2.75) is 31.8 Å². The van der Waals surface area contributed by atoms with Gasteiger partial charge in [-0.05, 0) is 37.5 Å². The molecular formula is C14H16N2O3. The van der Waals surface area contributed by atoms with Gasteiger partial charge in [0.2, 0.25) is 11.7 Å². The van der Waals surface area contributed by atoms with Crippen LogP contribution in [-0.2, 0) is 16.8 Å². The number of phenolic OH excluding ortho intramolecular Hbond substituents is 1. The van der Waals surface area contributed by atoms with Gasteiger partial charge in [-0.25, -0.2) is 0 Å². The number of nitrogens with zero attached hydrogens (tertiary/aromatic N) is 2. The van der Waals surface area contributed by atoms with Crippen LogP contribution in [0.4, 0.5) is 0 Å². The average molecular weight is 260 g/mol. The second-order valence-electron chi connectivity index (χ2n) is 5.04. The lowest BCUT2D eigenvalue weighted by atomic mass is 10.0. The molecular weight excluding hydrogens is 244 g/mol. The second-order valence-corrected chi connectivity index (χ2v) is 5.04. The van der Waals surface area contributed by atoms with E-state index in [1.54, 1.807) is 12.1 Å². The summed E-state index contributed by atoms with van der Waals surface area (Å²) < 4.78 is 11.0. The van der Waals surface area contributed by atoms with Crippen LogP contribution < -0.4 is 0 Å². The average Bonchev–Trinajstić information content (AvgIpc) is 3.02. The zero-order valence-electron chi connectivity index (χ0n) is 10.8. The van der Waals surface area contributed by atoms with Crippen LogP contribution in [-0.4, -0.2) is 21.9 Å². The van der Waals surface area contributed by atoms with Crippen molar-refractivity contribution in [2.75, 3.05) is 6.61 Å². The Bertz CT molecular complexity index is 556. The minimum atomic E-state index is -0.406. The predicted octanol–water partition coefficient (Wildman–Crippen LogP) is 2.39. The van der Waals surface area contributed by atoms with Gasteiger partial charge in [-0.1, -0.05) is 17.3 Å². The van der Waals surface area contributed by atoms with Crippen LogP contribution in [0.1, 0.15) is 37.0 Å². The number of aromatic hydroxyl groups is 1. The minimum absolute atomic E-state index is 0.252. The van der Waals surface area contributed by atoms with E-state index in [1.807, 2.05) is 19.1 Å². The first-order valence-corrected chi connectivity index (χ1v) is 6.41. The molecule has 2 heterocycles. The van der Waals surface area contributed by atoms with Gasteiger partial charge in [-0.3, -0.25) is 0 Å². The summed E-state index contributed by atoms with van der Waals surface area (Å²) in [5.74, 6) is 1.44. The molecule has 1 aromatic heterocycles. The van der Waals surface area contributed by atoms with Gasteiger partial charge >= 0.3 is 0 Å². The van der Waals surface area contributed by atoms with Crippen molar-refractivity contribution in [2.24, 2.45) is 0 Å². The van der Waals surface area contributed by atoms with E-state index in [0.29, 0.717) is 18.1 Å². The van der Waals surface area contributed by atoms with Crippen molar-refractivity contribution in [3.05, 3.63) is 41.5 Å². The van der Waals surface area contributed by atoms with E-state index >= 15 is 0 Å². The standard InChI is InChI=1S/C14H16N2O3/c1-14(7-2-8-18-14)13-15-12(19-16-13)9-10-3-5-11(17)6-4-10/h3-6,17H,2,7-9H2,1H3. The lowest BCUT2D eigenvalue weighted by molar-refractivity contribution is 0.00768. The molecule has 1 unspecified atom stereocenters. The molecule has 1 atom stereocenters. The van der Waals surface area contributed by atoms with Gasteiger partial charge in [0.1, 0.15) is 11.4 Å². The molecule has 100 valence electrons. The Hall–Kier alpha value is -1.88. The fraction of sp³-hybridized carbons (Fsp3) is 0.429. The monoisotopic (exact) mass is 260 g/mol. The summed E-state index contributed by atoms with van der Waals surface area (Å²) in [7, 11) is 0. The third-order valence-electron chi connectivity index (χ3n) is 3.45. The van der Waals surface area contributed by atoms with E-state index in [9.17, 15) is 5.11 Å². The third kappa shape index (κ3) is 2.46. The van der Waals surface area contributed by atoms with E-state index in [-0.39, 0.29) is 5.75 Å². The molecule has 1 aliphatic heterocycles. The topological polar surface area (TPSA) is 68.4 Å². The Kier molecular flexibility index (Phi) is 2.98. The maximum absolute atomic E-state index is 9.24. The van der Waals surface area contributed by atoms with Gasteiger partial charge in [-0.2, -0.15) is 4.98 Å². The molecule has 0 aliphatic carbocycles. The number of benzene rings is 1. The highest BCUT2D eigenvalue weighted by Gasteiger charge is 2.36. The van der Waals surface area contributed by atoms with Crippen LogP contribution in [0.2, 0.25) is 0 Å². The van der Waals surface area contributed by atoms with Gasteiger partial charge in [0.15, 0.2) is 0 Å². The fourth-order valence-electron chi connectivity index (χ4n) is 2.29. The van der Waals surface area contributed by atoms with Gasteiger partial charge in [-0.15, -0.1) is 0 Å². The predicted molar refractivity (Wildman–Crippen MR) is 67.7 cm³/mol.